The van der Waals surface area contributed by atoms with Crippen molar-refractivity contribution in [3.05, 3.63) is 32.8 Å². The number of halogens is 3. The van der Waals surface area contributed by atoms with Crippen LogP contribution < -0.4 is 5.32 Å². The summed E-state index contributed by atoms with van der Waals surface area (Å²) in [5.41, 5.74) is 1.34. The minimum absolute atomic E-state index is 0.151. The van der Waals surface area contributed by atoms with Crippen molar-refractivity contribution in [1.29, 1.82) is 0 Å². The maximum absolute atomic E-state index is 6.88. The van der Waals surface area contributed by atoms with Crippen LogP contribution in [0.15, 0.2) is 12.1 Å². The van der Waals surface area contributed by atoms with Crippen molar-refractivity contribution in [3.8, 4) is 0 Å². The van der Waals surface area contributed by atoms with Gasteiger partial charge in [-0.2, -0.15) is 0 Å². The lowest BCUT2D eigenvalue weighted by molar-refractivity contribution is -0.133. The molecule has 7 heteroatoms. The topological polar surface area (TPSA) is 30.5 Å². The van der Waals surface area contributed by atoms with Gasteiger partial charge in [0.15, 0.2) is 8.32 Å². The summed E-state index contributed by atoms with van der Waals surface area (Å²) in [5, 5.41) is 5.52. The number of hydrogen-bond acceptors (Lipinski definition) is 3. The van der Waals surface area contributed by atoms with Crippen LogP contribution in [0.4, 0.5) is 0 Å². The number of benzene rings is 1. The molecule has 1 saturated carbocycles. The van der Waals surface area contributed by atoms with E-state index in [-0.39, 0.29) is 6.10 Å². The molecule has 3 rings (SSSR count). The highest BCUT2D eigenvalue weighted by atomic mass is 35.5. The van der Waals surface area contributed by atoms with Crippen LogP contribution in [0.25, 0.3) is 0 Å². The lowest BCUT2D eigenvalue weighted by atomic mass is 9.71. The molecule has 1 aliphatic carbocycles. The van der Waals surface area contributed by atoms with Gasteiger partial charge in [0.05, 0.1) is 19.3 Å². The summed E-state index contributed by atoms with van der Waals surface area (Å²) in [5.74, 6) is 0. The Hall–Kier alpha value is 0.187. The normalized spacial score (nSPS) is 20.6. The van der Waals surface area contributed by atoms with Gasteiger partial charge in [-0.15, -0.1) is 0 Å². The van der Waals surface area contributed by atoms with Crippen molar-refractivity contribution < 1.29 is 9.16 Å². The van der Waals surface area contributed by atoms with E-state index in [9.17, 15) is 0 Å². The molecule has 2 fully saturated rings. The van der Waals surface area contributed by atoms with E-state index >= 15 is 0 Å². The molecule has 0 aromatic heterocycles. The summed E-state index contributed by atoms with van der Waals surface area (Å²) in [7, 11) is -1.84. The Bertz CT molecular complexity index is 653. The first-order valence-corrected chi connectivity index (χ1v) is 14.7. The fourth-order valence-corrected chi connectivity index (χ4v) is 8.62. The fraction of sp³-hybridized carbons (Fsp3) is 0.727. The van der Waals surface area contributed by atoms with Crippen molar-refractivity contribution in [2.24, 2.45) is 5.41 Å². The molecule has 1 heterocycles. The molecule has 1 aliphatic heterocycles. The molecule has 1 unspecified atom stereocenters. The molecule has 164 valence electrons. The minimum atomic E-state index is -1.84. The van der Waals surface area contributed by atoms with Crippen LogP contribution in [-0.4, -0.2) is 34.1 Å². The predicted octanol–water partition coefficient (Wildman–Crippen LogP) is 7.26. The molecular weight excluding hydrogens is 445 g/mol. The van der Waals surface area contributed by atoms with E-state index in [1.807, 2.05) is 0 Å². The van der Waals surface area contributed by atoms with E-state index in [2.05, 4.69) is 26.1 Å². The number of hydrogen-bond donors (Lipinski definition) is 1. The van der Waals surface area contributed by atoms with Gasteiger partial charge in [0.2, 0.25) is 0 Å². The standard InChI is InChI=1S/C22H34Cl3NO2Si/c1-4-29(5-2,6-3)28-20(21-18(24)11-16(23)12-19(21)25)13-26-17-7-9-22(10-8-17)14-27-15-22/h11-12,17,20,26H,4-10,13-15H2,1-3H3. The number of nitrogens with one attached hydrogen (secondary N) is 1. The van der Waals surface area contributed by atoms with Crippen molar-refractivity contribution in [2.45, 2.75) is 76.7 Å². The van der Waals surface area contributed by atoms with Crippen molar-refractivity contribution >= 4 is 43.1 Å². The fourth-order valence-electron chi connectivity index (χ4n) is 4.75. The Labute approximate surface area is 191 Å². The lowest BCUT2D eigenvalue weighted by Gasteiger charge is -2.46. The zero-order chi connectivity index (χ0) is 21.1. The van der Waals surface area contributed by atoms with Crippen LogP contribution in [0, 0.1) is 5.41 Å². The third-order valence-corrected chi connectivity index (χ3v) is 12.6. The summed E-state index contributed by atoms with van der Waals surface area (Å²) in [6.07, 6.45) is 4.72. The third kappa shape index (κ3) is 5.52. The van der Waals surface area contributed by atoms with E-state index in [1.54, 1.807) is 12.1 Å². The second-order valence-electron chi connectivity index (χ2n) is 8.81. The molecule has 0 bridgehead atoms. The summed E-state index contributed by atoms with van der Waals surface area (Å²) in [6, 6.07) is 7.32. The molecule has 1 N–H and O–H groups in total. The van der Waals surface area contributed by atoms with Crippen LogP contribution in [0.2, 0.25) is 33.2 Å². The average Bonchev–Trinajstić information content (AvgIpc) is 2.68. The molecule has 0 amide bonds. The van der Waals surface area contributed by atoms with Crippen LogP contribution >= 0.6 is 34.8 Å². The van der Waals surface area contributed by atoms with E-state index in [0.29, 0.717) is 26.5 Å². The van der Waals surface area contributed by atoms with Gasteiger partial charge >= 0.3 is 0 Å². The SMILES string of the molecule is CC[Si](CC)(CC)OC(CNC1CCC2(CC1)COC2)c1c(Cl)cc(Cl)cc1Cl. The molecule has 1 aromatic rings. The minimum Gasteiger partial charge on any atom is -0.409 e. The molecule has 2 aliphatic rings. The first-order chi connectivity index (χ1) is 13.9. The first kappa shape index (κ1) is 23.8. The molecule has 0 radical (unpaired) electrons. The van der Waals surface area contributed by atoms with Crippen LogP contribution in [0.5, 0.6) is 0 Å². The van der Waals surface area contributed by atoms with Crippen LogP contribution in [-0.2, 0) is 9.16 Å². The highest BCUT2D eigenvalue weighted by Crippen LogP contribution is 2.43. The highest BCUT2D eigenvalue weighted by molar-refractivity contribution is 6.73. The monoisotopic (exact) mass is 477 g/mol. The van der Waals surface area contributed by atoms with Gasteiger partial charge < -0.3 is 14.5 Å². The molecule has 1 aromatic carbocycles. The smallest absolute Gasteiger partial charge is 0.192 e. The van der Waals surface area contributed by atoms with E-state index in [0.717, 1.165) is 43.5 Å². The van der Waals surface area contributed by atoms with E-state index < -0.39 is 8.32 Å². The summed E-state index contributed by atoms with van der Waals surface area (Å²) < 4.78 is 12.3. The van der Waals surface area contributed by atoms with Gasteiger partial charge in [0.25, 0.3) is 0 Å². The Kier molecular flexibility index (Phi) is 8.39. The van der Waals surface area contributed by atoms with Crippen molar-refractivity contribution in [1.82, 2.24) is 5.32 Å². The molecule has 29 heavy (non-hydrogen) atoms. The van der Waals surface area contributed by atoms with Crippen molar-refractivity contribution in [2.75, 3.05) is 19.8 Å². The average molecular weight is 479 g/mol. The largest absolute Gasteiger partial charge is 0.409 e. The molecule has 1 saturated heterocycles. The molecule has 1 atom stereocenters. The van der Waals surface area contributed by atoms with Gasteiger partial charge in [-0.1, -0.05) is 55.6 Å². The van der Waals surface area contributed by atoms with Gasteiger partial charge in [-0.05, 0) is 55.9 Å². The highest BCUT2D eigenvalue weighted by Gasteiger charge is 2.42. The zero-order valence-electron chi connectivity index (χ0n) is 17.8. The van der Waals surface area contributed by atoms with Gasteiger partial charge in [0.1, 0.15) is 0 Å². The maximum atomic E-state index is 6.88. The van der Waals surface area contributed by atoms with Gasteiger partial charge in [-0.3, -0.25) is 0 Å². The quantitative estimate of drug-likeness (QED) is 0.379. The zero-order valence-corrected chi connectivity index (χ0v) is 21.1. The number of rotatable bonds is 9. The van der Waals surface area contributed by atoms with Crippen molar-refractivity contribution in [3.63, 3.8) is 0 Å². The Morgan fingerprint density at radius 1 is 1.07 bits per heavy atom. The van der Waals surface area contributed by atoms with Gasteiger partial charge in [-0.25, -0.2) is 0 Å². The summed E-state index contributed by atoms with van der Waals surface area (Å²) >= 11 is 19.4. The van der Waals surface area contributed by atoms with E-state index in [1.165, 1.54) is 25.7 Å². The van der Waals surface area contributed by atoms with Crippen LogP contribution in [0.3, 0.4) is 0 Å². The molecule has 3 nitrogen and oxygen atoms in total. The number of ether oxygens (including phenoxy) is 1. The van der Waals surface area contributed by atoms with Gasteiger partial charge in [0, 0.05) is 38.6 Å². The molecule has 1 spiro atoms. The summed E-state index contributed by atoms with van der Waals surface area (Å²) in [6.45, 7) is 9.35. The Morgan fingerprint density at radius 3 is 2.07 bits per heavy atom. The lowest BCUT2D eigenvalue weighted by Crippen LogP contribution is -2.49. The maximum Gasteiger partial charge on any atom is 0.192 e. The third-order valence-electron chi connectivity index (χ3n) is 7.15. The summed E-state index contributed by atoms with van der Waals surface area (Å²) in [4.78, 5) is 0. The van der Waals surface area contributed by atoms with Crippen LogP contribution in [0.1, 0.15) is 58.1 Å². The molecular formula is C22H34Cl3NO2Si. The Balaban J connectivity index is 1.74. The second kappa shape index (κ2) is 10.2. The Morgan fingerprint density at radius 2 is 1.62 bits per heavy atom. The second-order valence-corrected chi connectivity index (χ2v) is 14.8. The van der Waals surface area contributed by atoms with E-state index in [4.69, 9.17) is 44.0 Å². The predicted molar refractivity (Wildman–Crippen MR) is 126 cm³/mol. The first-order valence-electron chi connectivity index (χ1n) is 11.0.